The van der Waals surface area contributed by atoms with E-state index in [9.17, 15) is 0 Å². The smallest absolute Gasteiger partial charge is 0.263 e. The summed E-state index contributed by atoms with van der Waals surface area (Å²) in [7, 11) is 0. The van der Waals surface area contributed by atoms with Gasteiger partial charge < -0.3 is 0 Å². The van der Waals surface area contributed by atoms with E-state index in [-0.39, 0.29) is 12.4 Å². The molecule has 5 unspecified atom stereocenters. The lowest BCUT2D eigenvalue weighted by atomic mass is 9.33. The van der Waals surface area contributed by atoms with Crippen LogP contribution in [0.1, 0.15) is 131 Å². The normalized spacial score (nSPS) is 22.8. The minimum Gasteiger partial charge on any atom is -0.263 e. The fourth-order valence-electron chi connectivity index (χ4n) is 15.4. The maximum atomic E-state index is 16.4. The van der Waals surface area contributed by atoms with E-state index in [0.717, 1.165) is 43.6 Å². The maximum Gasteiger partial charge on any atom is 0.338 e. The monoisotopic (exact) mass is 860 g/mol. The molecule has 3 fully saturated rings. The van der Waals surface area contributed by atoms with Crippen molar-refractivity contribution in [1.29, 1.82) is 0 Å². The van der Waals surface area contributed by atoms with Crippen molar-refractivity contribution < 1.29 is 0 Å². The molecule has 8 aromatic rings. The second-order valence-electron chi connectivity index (χ2n) is 22.2. The molecule has 15 rings (SSSR count). The van der Waals surface area contributed by atoms with Gasteiger partial charge >= 0.3 is 5.69 Å². The summed E-state index contributed by atoms with van der Waals surface area (Å²) in [6, 6.07) is 42.2. The lowest BCUT2D eigenvalue weighted by Crippen LogP contribution is -2.60. The number of rotatable bonds is 4. The zero-order valence-electron chi connectivity index (χ0n) is 38.3. The van der Waals surface area contributed by atoms with Crippen molar-refractivity contribution >= 4 is 98.0 Å². The van der Waals surface area contributed by atoms with Gasteiger partial charge in [0, 0.05) is 11.1 Å². The Morgan fingerprint density at radius 1 is 0.600 bits per heavy atom. The van der Waals surface area contributed by atoms with Crippen molar-refractivity contribution in [3.05, 3.63) is 147 Å². The highest BCUT2D eigenvalue weighted by Crippen LogP contribution is 2.76. The van der Waals surface area contributed by atoms with Crippen LogP contribution in [0, 0.1) is 17.3 Å². The first-order valence-corrected chi connectivity index (χ1v) is 25.5. The molecule has 5 heteroatoms. The standard InChI is InChI=1S/C60H53BN2OS/c1-30(2)34-21-43(31(3)4)56(44(22-34)32(5)6)61-49-17-15-33-16-18-53-58-55(33)57(49)62(51-25-46-36-20-38-23-37-19-35(28-60(37,38)29-36)45(46)24-50(51)61)59(64)63(58)52-26-47-41-13-9-7-11-39(41)40-12-8-10-14-42(40)48(47)27-54(52)65-53/h7-18,21-22,24-27,30-32,35-38H,19-20,23,28-29H2,1-6H3. The highest BCUT2D eigenvalue weighted by atomic mass is 32.1. The minimum atomic E-state index is 0.00812. The first-order chi connectivity index (χ1) is 31.6. The van der Waals surface area contributed by atoms with Crippen molar-refractivity contribution in [3.63, 3.8) is 0 Å². The predicted molar refractivity (Wildman–Crippen MR) is 277 cm³/mol. The van der Waals surface area contributed by atoms with Crippen LogP contribution in [0.25, 0.3) is 74.9 Å². The van der Waals surface area contributed by atoms with Crippen molar-refractivity contribution in [2.45, 2.75) is 103 Å². The Morgan fingerprint density at radius 3 is 1.83 bits per heavy atom. The van der Waals surface area contributed by atoms with E-state index in [0.29, 0.717) is 35.0 Å². The van der Waals surface area contributed by atoms with Gasteiger partial charge in [0.05, 0.1) is 26.1 Å². The van der Waals surface area contributed by atoms with Crippen LogP contribution in [-0.4, -0.2) is 15.8 Å². The highest BCUT2D eigenvalue weighted by Gasteiger charge is 2.65. The summed E-state index contributed by atoms with van der Waals surface area (Å²) in [6.45, 7) is 14.3. The van der Waals surface area contributed by atoms with E-state index in [1.165, 1.54) is 108 Å². The van der Waals surface area contributed by atoms with Gasteiger partial charge in [-0.15, -0.1) is 11.3 Å². The first kappa shape index (κ1) is 37.6. The summed E-state index contributed by atoms with van der Waals surface area (Å²) in [6.07, 6.45) is 6.79. The molecule has 1 spiro atoms. The summed E-state index contributed by atoms with van der Waals surface area (Å²) in [5, 5.41) is 9.85. The first-order valence-electron chi connectivity index (χ1n) is 24.7. The largest absolute Gasteiger partial charge is 0.338 e. The quantitative estimate of drug-likeness (QED) is 0.0984. The van der Waals surface area contributed by atoms with E-state index in [2.05, 4.69) is 160 Å². The van der Waals surface area contributed by atoms with Crippen molar-refractivity contribution in [2.24, 2.45) is 17.3 Å². The molecule has 0 amide bonds. The minimum absolute atomic E-state index is 0.00812. The number of hydrogen-bond donors (Lipinski definition) is 0. The van der Waals surface area contributed by atoms with E-state index in [1.54, 1.807) is 11.1 Å². The molecule has 8 aromatic carbocycles. The second kappa shape index (κ2) is 12.6. The van der Waals surface area contributed by atoms with Gasteiger partial charge in [0.15, 0.2) is 0 Å². The topological polar surface area (TPSA) is 26.9 Å². The Balaban J connectivity index is 1.12. The number of fused-ring (bicyclic) bond motifs is 15. The highest BCUT2D eigenvalue weighted by molar-refractivity contribution is 7.24. The Labute approximate surface area is 384 Å². The molecule has 0 N–H and O–H groups in total. The molecule has 0 radical (unpaired) electrons. The van der Waals surface area contributed by atoms with Gasteiger partial charge in [0.1, 0.15) is 0 Å². The van der Waals surface area contributed by atoms with Crippen molar-refractivity contribution in [1.82, 2.24) is 9.13 Å². The molecule has 4 aliphatic carbocycles. The lowest BCUT2D eigenvalue weighted by Gasteiger charge is -2.48. The van der Waals surface area contributed by atoms with Crippen LogP contribution >= 0.6 is 11.3 Å². The van der Waals surface area contributed by atoms with Crippen LogP contribution in [0.3, 0.4) is 0 Å². The zero-order chi connectivity index (χ0) is 43.5. The molecule has 3 aliphatic heterocycles. The third-order valence-electron chi connectivity index (χ3n) is 18.3. The molecule has 0 saturated heterocycles. The average Bonchev–Trinajstić information content (AvgIpc) is 3.74. The Kier molecular flexibility index (Phi) is 7.29. The zero-order valence-corrected chi connectivity index (χ0v) is 39.1. The lowest BCUT2D eigenvalue weighted by molar-refractivity contribution is 0.00322. The average molecular weight is 861 g/mol. The van der Waals surface area contributed by atoms with E-state index in [1.807, 2.05) is 11.3 Å². The van der Waals surface area contributed by atoms with Gasteiger partial charge in [0.25, 0.3) is 0 Å². The molecule has 7 aliphatic rings. The second-order valence-corrected chi connectivity index (χ2v) is 23.3. The summed E-state index contributed by atoms with van der Waals surface area (Å²) >= 11 is 1.83. The molecule has 3 saturated carbocycles. The van der Waals surface area contributed by atoms with Crippen LogP contribution in [0.4, 0.5) is 0 Å². The van der Waals surface area contributed by atoms with Crippen LogP contribution in [0.2, 0.25) is 0 Å². The van der Waals surface area contributed by atoms with Gasteiger partial charge in [-0.3, -0.25) is 9.13 Å². The molecule has 65 heavy (non-hydrogen) atoms. The summed E-state index contributed by atoms with van der Waals surface area (Å²) in [5.41, 5.74) is 16.5. The van der Waals surface area contributed by atoms with Gasteiger partial charge in [0.2, 0.25) is 6.71 Å². The number of aromatic nitrogens is 2. The fraction of sp³-hybridized carbons (Fsp3) is 0.317. The van der Waals surface area contributed by atoms with E-state index < -0.39 is 0 Å². The summed E-state index contributed by atoms with van der Waals surface area (Å²) in [5.74, 6) is 4.10. The number of benzene rings is 8. The van der Waals surface area contributed by atoms with Gasteiger partial charge in [-0.2, -0.15) is 0 Å². The summed E-state index contributed by atoms with van der Waals surface area (Å²) in [4.78, 5) is 16.4. The third kappa shape index (κ3) is 4.62. The Bertz CT molecular complexity index is 3790. The van der Waals surface area contributed by atoms with Crippen LogP contribution in [0.15, 0.2) is 114 Å². The molecule has 3 bridgehead atoms. The van der Waals surface area contributed by atoms with Crippen LogP contribution in [-0.2, 0) is 0 Å². The van der Waals surface area contributed by atoms with Crippen molar-refractivity contribution in [3.8, 4) is 11.4 Å². The maximum absolute atomic E-state index is 16.4. The third-order valence-corrected chi connectivity index (χ3v) is 19.4. The summed E-state index contributed by atoms with van der Waals surface area (Å²) < 4.78 is 6.65. The molecule has 3 nitrogen and oxygen atoms in total. The Morgan fingerprint density at radius 2 is 1.20 bits per heavy atom. The number of hydrogen-bond acceptors (Lipinski definition) is 2. The Hall–Kier alpha value is -5.65. The molecule has 318 valence electrons. The predicted octanol–water partition coefficient (Wildman–Crippen LogP) is 13.6. The van der Waals surface area contributed by atoms with Crippen LogP contribution in [0.5, 0.6) is 0 Å². The molecular formula is C60H53BN2OS. The van der Waals surface area contributed by atoms with Gasteiger partial charge in [-0.1, -0.05) is 132 Å². The van der Waals surface area contributed by atoms with Gasteiger partial charge in [-0.05, 0) is 180 Å². The molecule has 3 heterocycles. The van der Waals surface area contributed by atoms with Crippen LogP contribution < -0.4 is 22.1 Å². The molecule has 5 atom stereocenters. The van der Waals surface area contributed by atoms with E-state index in [4.69, 9.17) is 0 Å². The van der Waals surface area contributed by atoms with Gasteiger partial charge in [-0.25, -0.2) is 4.79 Å². The van der Waals surface area contributed by atoms with E-state index >= 15 is 4.79 Å². The van der Waals surface area contributed by atoms with Crippen molar-refractivity contribution in [2.75, 3.05) is 0 Å². The fourth-order valence-corrected chi connectivity index (χ4v) is 16.5. The number of nitrogens with zero attached hydrogens (tertiary/aromatic N) is 2. The SMILES string of the molecule is CC(C)c1cc(C(C)C)c(B2c3cc4c(cc3-n3c(=O)n5c6cc7c8ccccc8c8ccccc8c7cc6sc6ccc7ccc2c3c7c6-5)C2CC3CC5CC4CC53C2)c(C(C)C)c1. The molecular weight excluding hydrogens is 808 g/mol. The molecule has 0 aromatic heterocycles.